The van der Waals surface area contributed by atoms with E-state index in [9.17, 15) is 0 Å². The summed E-state index contributed by atoms with van der Waals surface area (Å²) < 4.78 is 3.13. The number of benzene rings is 3. The molecular weight excluding hydrogens is 410 g/mol. The first-order valence-electron chi connectivity index (χ1n) is 9.53. The van der Waals surface area contributed by atoms with Gasteiger partial charge in [-0.2, -0.15) is 5.10 Å². The summed E-state index contributed by atoms with van der Waals surface area (Å²) in [5.41, 5.74) is 6.06. The van der Waals surface area contributed by atoms with Crippen LogP contribution < -0.4 is 5.32 Å². The van der Waals surface area contributed by atoms with Gasteiger partial charge in [0, 0.05) is 16.6 Å². The maximum Gasteiger partial charge on any atom is 0.133 e. The number of fused-ring (bicyclic) bond motifs is 1. The molecule has 0 amide bonds. The fourth-order valence-corrected chi connectivity index (χ4v) is 4.27. The third-order valence-electron chi connectivity index (χ3n) is 5.29. The molecule has 2 heterocycles. The molecule has 0 unspecified atom stereocenters. The second-order valence-corrected chi connectivity index (χ2v) is 7.95. The van der Waals surface area contributed by atoms with Crippen LogP contribution in [-0.2, 0) is 6.42 Å². The van der Waals surface area contributed by atoms with Gasteiger partial charge in [-0.05, 0) is 41.8 Å². The monoisotopic (exact) mass is 429 g/mol. The summed E-state index contributed by atoms with van der Waals surface area (Å²) in [5.74, 6) is 1.24. The molecule has 5 rings (SSSR count). The van der Waals surface area contributed by atoms with Crippen molar-refractivity contribution in [3.05, 3.63) is 112 Å². The van der Waals surface area contributed by atoms with E-state index < -0.39 is 0 Å². The second kappa shape index (κ2) is 7.28. The van der Waals surface area contributed by atoms with Gasteiger partial charge in [-0.1, -0.05) is 76.6 Å². The van der Waals surface area contributed by atoms with Crippen molar-refractivity contribution in [3.8, 4) is 5.69 Å². The van der Waals surface area contributed by atoms with Crippen LogP contribution in [0.15, 0.2) is 89.4 Å². The summed E-state index contributed by atoms with van der Waals surface area (Å²) >= 11 is 3.52. The highest BCUT2D eigenvalue weighted by molar-refractivity contribution is 9.10. The van der Waals surface area contributed by atoms with E-state index in [1.165, 1.54) is 16.7 Å². The van der Waals surface area contributed by atoms with Gasteiger partial charge in [-0.3, -0.25) is 0 Å². The minimum absolute atomic E-state index is 0.118. The Morgan fingerprint density at radius 1 is 0.821 bits per heavy atom. The van der Waals surface area contributed by atoms with E-state index in [2.05, 4.69) is 111 Å². The quantitative estimate of drug-likeness (QED) is 0.445. The van der Waals surface area contributed by atoms with Gasteiger partial charge in [-0.15, -0.1) is 0 Å². The third-order valence-corrected chi connectivity index (χ3v) is 5.82. The molecule has 0 fully saturated rings. The first-order valence-corrected chi connectivity index (χ1v) is 10.3. The molecule has 0 aliphatic carbocycles. The minimum atomic E-state index is 0.118. The van der Waals surface area contributed by atoms with Crippen LogP contribution in [0.5, 0.6) is 0 Å². The van der Waals surface area contributed by atoms with Crippen LogP contribution in [0, 0.1) is 0 Å². The van der Waals surface area contributed by atoms with Gasteiger partial charge < -0.3 is 5.32 Å². The molecule has 1 N–H and O–H groups in total. The summed E-state index contributed by atoms with van der Waals surface area (Å²) in [6.45, 7) is 0.951. The van der Waals surface area contributed by atoms with Crippen LogP contribution in [-0.4, -0.2) is 16.3 Å². The lowest BCUT2D eigenvalue weighted by Gasteiger charge is -2.17. The second-order valence-electron chi connectivity index (χ2n) is 7.03. The molecule has 1 aromatic heterocycles. The van der Waals surface area contributed by atoms with Gasteiger partial charge in [0.25, 0.3) is 0 Å². The lowest BCUT2D eigenvalue weighted by atomic mass is 9.86. The molecule has 138 valence electrons. The van der Waals surface area contributed by atoms with Crippen LogP contribution in [0.3, 0.4) is 0 Å². The number of anilines is 1. The number of halogens is 1. The average Bonchev–Trinajstić information content (AvgIpc) is 3.35. The van der Waals surface area contributed by atoms with E-state index in [0.717, 1.165) is 34.6 Å². The minimum Gasteiger partial charge on any atom is -0.369 e. The largest absolute Gasteiger partial charge is 0.369 e. The molecule has 0 atom stereocenters. The fraction of sp³-hybridized carbons (Fsp3) is 0.125. The van der Waals surface area contributed by atoms with Crippen molar-refractivity contribution >= 4 is 21.7 Å². The zero-order valence-corrected chi connectivity index (χ0v) is 16.9. The lowest BCUT2D eigenvalue weighted by molar-refractivity contribution is 0.802. The van der Waals surface area contributed by atoms with Gasteiger partial charge in [0.2, 0.25) is 0 Å². The van der Waals surface area contributed by atoms with Crippen molar-refractivity contribution in [2.75, 3.05) is 11.9 Å². The molecule has 3 aromatic carbocycles. The van der Waals surface area contributed by atoms with E-state index in [1.54, 1.807) is 0 Å². The van der Waals surface area contributed by atoms with E-state index >= 15 is 0 Å². The van der Waals surface area contributed by atoms with Gasteiger partial charge in [0.05, 0.1) is 17.3 Å². The Morgan fingerprint density at radius 3 is 2.04 bits per heavy atom. The standard InChI is InChI=1S/C24H20BrN3/c25-19-11-13-20(14-12-19)28-24-21(15-16-26-24)23(27-28)22(17-7-3-1-4-8-17)18-9-5-2-6-10-18/h1-14,22,26H,15-16H2. The highest BCUT2D eigenvalue weighted by Gasteiger charge is 2.29. The van der Waals surface area contributed by atoms with Gasteiger partial charge in [0.15, 0.2) is 0 Å². The third kappa shape index (κ3) is 3.04. The molecule has 0 saturated heterocycles. The Labute approximate surface area is 173 Å². The lowest BCUT2D eigenvalue weighted by Crippen LogP contribution is -2.09. The molecule has 0 saturated carbocycles. The predicted molar refractivity (Wildman–Crippen MR) is 117 cm³/mol. The summed E-state index contributed by atoms with van der Waals surface area (Å²) in [6, 6.07) is 29.7. The van der Waals surface area contributed by atoms with Gasteiger partial charge >= 0.3 is 0 Å². The van der Waals surface area contributed by atoms with E-state index in [4.69, 9.17) is 5.10 Å². The molecule has 4 aromatic rings. The normalized spacial score (nSPS) is 12.8. The van der Waals surface area contributed by atoms with Crippen LogP contribution in [0.1, 0.15) is 28.3 Å². The van der Waals surface area contributed by atoms with Crippen LogP contribution in [0.4, 0.5) is 5.82 Å². The summed E-state index contributed by atoms with van der Waals surface area (Å²) in [4.78, 5) is 0. The summed E-state index contributed by atoms with van der Waals surface area (Å²) in [6.07, 6.45) is 0.997. The topological polar surface area (TPSA) is 29.9 Å². The molecule has 1 aliphatic heterocycles. The average molecular weight is 430 g/mol. The zero-order valence-electron chi connectivity index (χ0n) is 15.3. The Bertz CT molecular complexity index is 1050. The Morgan fingerprint density at radius 2 is 1.43 bits per heavy atom. The smallest absolute Gasteiger partial charge is 0.133 e. The Kier molecular flexibility index (Phi) is 4.49. The van der Waals surface area contributed by atoms with Gasteiger partial charge in [-0.25, -0.2) is 4.68 Å². The predicted octanol–water partition coefficient (Wildman–Crippen LogP) is 5.78. The number of nitrogens with one attached hydrogen (secondary N) is 1. The first kappa shape index (κ1) is 17.3. The van der Waals surface area contributed by atoms with Crippen molar-refractivity contribution in [2.45, 2.75) is 12.3 Å². The van der Waals surface area contributed by atoms with Crippen molar-refractivity contribution in [1.82, 2.24) is 9.78 Å². The van der Waals surface area contributed by atoms with E-state index in [0.29, 0.717) is 0 Å². The fourth-order valence-electron chi connectivity index (χ4n) is 4.00. The first-order chi connectivity index (χ1) is 13.8. The van der Waals surface area contributed by atoms with E-state index in [1.807, 2.05) is 0 Å². The molecule has 4 heteroatoms. The van der Waals surface area contributed by atoms with E-state index in [-0.39, 0.29) is 5.92 Å². The highest BCUT2D eigenvalue weighted by Crippen LogP contribution is 2.38. The molecule has 28 heavy (non-hydrogen) atoms. The molecule has 3 nitrogen and oxygen atoms in total. The maximum absolute atomic E-state index is 5.12. The van der Waals surface area contributed by atoms with Gasteiger partial charge in [0.1, 0.15) is 5.82 Å². The highest BCUT2D eigenvalue weighted by atomic mass is 79.9. The van der Waals surface area contributed by atoms with Crippen molar-refractivity contribution < 1.29 is 0 Å². The maximum atomic E-state index is 5.12. The van der Waals surface area contributed by atoms with Crippen LogP contribution >= 0.6 is 15.9 Å². The molecule has 0 spiro atoms. The number of aromatic nitrogens is 2. The molecular formula is C24H20BrN3. The SMILES string of the molecule is Brc1ccc(-n2nc(C(c3ccccc3)c3ccccc3)c3c2NCC3)cc1. The number of hydrogen-bond donors (Lipinski definition) is 1. The van der Waals surface area contributed by atoms with Crippen molar-refractivity contribution in [3.63, 3.8) is 0 Å². The Balaban J connectivity index is 1.70. The summed E-state index contributed by atoms with van der Waals surface area (Å²) in [5, 5.41) is 8.67. The zero-order chi connectivity index (χ0) is 18.9. The summed E-state index contributed by atoms with van der Waals surface area (Å²) in [7, 11) is 0. The number of nitrogens with zero attached hydrogens (tertiary/aromatic N) is 2. The van der Waals surface area contributed by atoms with Crippen molar-refractivity contribution in [2.24, 2.45) is 0 Å². The molecule has 0 radical (unpaired) electrons. The number of hydrogen-bond acceptors (Lipinski definition) is 2. The number of rotatable bonds is 4. The molecule has 1 aliphatic rings. The Hall–Kier alpha value is -2.85. The van der Waals surface area contributed by atoms with Crippen LogP contribution in [0.25, 0.3) is 5.69 Å². The molecule has 0 bridgehead atoms. The van der Waals surface area contributed by atoms with Crippen molar-refractivity contribution in [1.29, 1.82) is 0 Å². The van der Waals surface area contributed by atoms with Crippen LogP contribution in [0.2, 0.25) is 0 Å².